The molecule has 11 heteroatoms. The van der Waals surface area contributed by atoms with Gasteiger partial charge in [-0.1, -0.05) is 17.8 Å². The molecular formula is C15H15F4N3O3S. The molecule has 1 aromatic heterocycles. The van der Waals surface area contributed by atoms with Gasteiger partial charge in [-0.2, -0.15) is 13.9 Å². The Labute approximate surface area is 150 Å². The number of thioether (sulfide) groups is 1. The highest BCUT2D eigenvalue weighted by Gasteiger charge is 2.46. The number of halogens is 4. The summed E-state index contributed by atoms with van der Waals surface area (Å²) in [5.74, 6) is -2.91. The van der Waals surface area contributed by atoms with Crippen LogP contribution < -0.4 is 0 Å². The summed E-state index contributed by atoms with van der Waals surface area (Å²) in [5.41, 5.74) is -0.371. The molecule has 2 unspecified atom stereocenters. The summed E-state index contributed by atoms with van der Waals surface area (Å²) in [7, 11) is 0. The predicted octanol–water partition coefficient (Wildman–Crippen LogP) is 2.40. The largest absolute Gasteiger partial charge is 0.465 e. The summed E-state index contributed by atoms with van der Waals surface area (Å²) in [6, 6.07) is 0.730. The summed E-state index contributed by atoms with van der Waals surface area (Å²) in [6.45, 7) is 0.858. The molecule has 0 radical (unpaired) electrons. The van der Waals surface area contributed by atoms with E-state index in [1.54, 1.807) is 0 Å². The molecule has 0 amide bonds. The number of hydrogen-bond donors (Lipinski definition) is 1. The van der Waals surface area contributed by atoms with E-state index in [4.69, 9.17) is 0 Å². The molecule has 2 atom stereocenters. The second-order valence-electron chi connectivity index (χ2n) is 5.18. The highest BCUT2D eigenvalue weighted by molar-refractivity contribution is 8.00. The van der Waals surface area contributed by atoms with Crippen LogP contribution in [-0.4, -0.2) is 49.6 Å². The number of ether oxygens (including phenoxy) is 1. The minimum absolute atomic E-state index is 0.0395. The monoisotopic (exact) mass is 393 g/mol. The maximum atomic E-state index is 14.4. The number of hydrogen-bond acceptors (Lipinski definition) is 6. The van der Waals surface area contributed by atoms with Crippen molar-refractivity contribution in [3.05, 3.63) is 48.1 Å². The van der Waals surface area contributed by atoms with E-state index in [9.17, 15) is 27.5 Å². The molecule has 0 aliphatic heterocycles. The van der Waals surface area contributed by atoms with Crippen molar-refractivity contribution in [2.24, 2.45) is 0 Å². The Kier molecular flexibility index (Phi) is 6.59. The molecular weight excluding hydrogens is 378 g/mol. The number of aliphatic hydroxyl groups excluding tert-OH is 1. The summed E-state index contributed by atoms with van der Waals surface area (Å²) < 4.78 is 61.5. The van der Waals surface area contributed by atoms with Crippen molar-refractivity contribution >= 4 is 17.7 Å². The van der Waals surface area contributed by atoms with Gasteiger partial charge in [-0.05, 0) is 6.07 Å². The van der Waals surface area contributed by atoms with Gasteiger partial charge >= 0.3 is 11.2 Å². The van der Waals surface area contributed by atoms with E-state index >= 15 is 0 Å². The fourth-order valence-corrected chi connectivity index (χ4v) is 2.93. The Balaban J connectivity index is 2.26. The van der Waals surface area contributed by atoms with Crippen LogP contribution >= 0.6 is 11.8 Å². The Morgan fingerprint density at radius 2 is 2.15 bits per heavy atom. The highest BCUT2D eigenvalue weighted by Crippen LogP contribution is 2.40. The van der Waals surface area contributed by atoms with Crippen LogP contribution in [0.2, 0.25) is 0 Å². The van der Waals surface area contributed by atoms with E-state index in [-0.39, 0.29) is 29.7 Å². The predicted molar refractivity (Wildman–Crippen MR) is 84.6 cm³/mol. The molecule has 0 saturated heterocycles. The lowest BCUT2D eigenvalue weighted by Gasteiger charge is -2.29. The molecule has 1 N–H and O–H groups in total. The van der Waals surface area contributed by atoms with Crippen LogP contribution in [-0.2, 0) is 9.53 Å². The SMILES string of the molecule is CC(=O)OCCSC(F)(F)C(O)C(c1ccc(F)cc1F)n1cncn1. The van der Waals surface area contributed by atoms with Gasteiger partial charge in [0.2, 0.25) is 0 Å². The van der Waals surface area contributed by atoms with Crippen LogP contribution in [0.4, 0.5) is 17.6 Å². The standard InChI is InChI=1S/C15H15F4N3O3S/c1-9(23)25-4-5-26-15(18,19)14(24)13(22-8-20-7-21-22)11-3-2-10(16)6-12(11)17/h2-3,6-8,13-14,24H,4-5H2,1H3. The van der Waals surface area contributed by atoms with Gasteiger partial charge in [0.15, 0.2) is 6.10 Å². The van der Waals surface area contributed by atoms with E-state index in [1.165, 1.54) is 0 Å². The summed E-state index contributed by atoms with van der Waals surface area (Å²) >= 11 is 0.0395. The molecule has 26 heavy (non-hydrogen) atoms. The molecule has 142 valence electrons. The van der Waals surface area contributed by atoms with Gasteiger partial charge in [0, 0.05) is 24.3 Å². The van der Waals surface area contributed by atoms with E-state index in [0.717, 1.165) is 36.4 Å². The molecule has 2 aromatic rings. The Morgan fingerprint density at radius 3 is 2.73 bits per heavy atom. The number of rotatable bonds is 8. The number of carbonyl (C=O) groups is 1. The minimum Gasteiger partial charge on any atom is -0.465 e. The highest BCUT2D eigenvalue weighted by atomic mass is 32.2. The van der Waals surface area contributed by atoms with Crippen molar-refractivity contribution in [3.8, 4) is 0 Å². The van der Waals surface area contributed by atoms with Crippen molar-refractivity contribution in [3.63, 3.8) is 0 Å². The van der Waals surface area contributed by atoms with Crippen LogP contribution in [0.3, 0.4) is 0 Å². The van der Waals surface area contributed by atoms with Gasteiger partial charge in [-0.25, -0.2) is 18.4 Å². The first kappa shape index (κ1) is 20.2. The molecule has 2 rings (SSSR count). The molecule has 0 aliphatic rings. The van der Waals surface area contributed by atoms with Crippen LogP contribution in [0.1, 0.15) is 18.5 Å². The number of esters is 1. The average Bonchev–Trinajstić information content (AvgIpc) is 3.07. The van der Waals surface area contributed by atoms with Crippen LogP contribution in [0.5, 0.6) is 0 Å². The van der Waals surface area contributed by atoms with Gasteiger partial charge in [-0.15, -0.1) is 0 Å². The number of aromatic nitrogens is 3. The molecule has 0 aliphatic carbocycles. The van der Waals surface area contributed by atoms with Crippen molar-refractivity contribution in [1.29, 1.82) is 0 Å². The van der Waals surface area contributed by atoms with Crippen molar-refractivity contribution in [1.82, 2.24) is 14.8 Å². The number of aliphatic hydroxyl groups is 1. The third-order valence-electron chi connectivity index (χ3n) is 3.33. The second-order valence-corrected chi connectivity index (χ2v) is 6.42. The first-order valence-electron chi connectivity index (χ1n) is 7.34. The number of carbonyl (C=O) groups excluding carboxylic acids is 1. The van der Waals surface area contributed by atoms with E-state index in [0.29, 0.717) is 6.07 Å². The Morgan fingerprint density at radius 1 is 1.42 bits per heavy atom. The van der Waals surface area contributed by atoms with E-state index in [1.807, 2.05) is 0 Å². The Bertz CT molecular complexity index is 746. The normalized spacial score (nSPS) is 14.1. The fourth-order valence-electron chi connectivity index (χ4n) is 2.19. The molecule has 0 spiro atoms. The first-order valence-corrected chi connectivity index (χ1v) is 8.33. The zero-order chi connectivity index (χ0) is 19.3. The van der Waals surface area contributed by atoms with Gasteiger partial charge in [0.25, 0.3) is 0 Å². The molecule has 6 nitrogen and oxygen atoms in total. The molecule has 0 bridgehead atoms. The topological polar surface area (TPSA) is 77.2 Å². The fraction of sp³-hybridized carbons (Fsp3) is 0.400. The average molecular weight is 393 g/mol. The molecule has 0 fully saturated rings. The second kappa shape index (κ2) is 8.49. The lowest BCUT2D eigenvalue weighted by atomic mass is 10.0. The lowest BCUT2D eigenvalue weighted by molar-refractivity contribution is -0.140. The van der Waals surface area contributed by atoms with Crippen LogP contribution in [0.25, 0.3) is 0 Å². The number of benzene rings is 1. The van der Waals surface area contributed by atoms with Crippen LogP contribution in [0, 0.1) is 11.6 Å². The zero-order valence-electron chi connectivity index (χ0n) is 13.5. The van der Waals surface area contributed by atoms with Gasteiger partial charge < -0.3 is 9.84 Å². The molecule has 1 heterocycles. The summed E-state index contributed by atoms with van der Waals surface area (Å²) in [5, 5.41) is 10.2. The van der Waals surface area contributed by atoms with Crippen molar-refractivity contribution in [2.45, 2.75) is 24.3 Å². The molecule has 0 saturated carbocycles. The Hall–Kier alpha value is -2.14. The van der Waals surface area contributed by atoms with Gasteiger partial charge in [0.1, 0.15) is 36.9 Å². The zero-order valence-corrected chi connectivity index (χ0v) is 14.3. The maximum absolute atomic E-state index is 14.4. The lowest BCUT2D eigenvalue weighted by Crippen LogP contribution is -2.40. The quantitative estimate of drug-likeness (QED) is 0.422. The van der Waals surface area contributed by atoms with Crippen molar-refractivity contribution < 1.29 is 32.2 Å². The molecule has 1 aromatic carbocycles. The number of nitrogens with zero attached hydrogens (tertiary/aromatic N) is 3. The van der Waals surface area contributed by atoms with Gasteiger partial charge in [-0.3, -0.25) is 4.79 Å². The smallest absolute Gasteiger partial charge is 0.321 e. The number of alkyl halides is 2. The van der Waals surface area contributed by atoms with Crippen LogP contribution in [0.15, 0.2) is 30.9 Å². The maximum Gasteiger partial charge on any atom is 0.321 e. The summed E-state index contributed by atoms with van der Waals surface area (Å²) in [4.78, 5) is 14.3. The van der Waals surface area contributed by atoms with E-state index in [2.05, 4.69) is 14.8 Å². The van der Waals surface area contributed by atoms with Gasteiger partial charge in [0.05, 0.1) is 0 Å². The third-order valence-corrected chi connectivity index (χ3v) is 4.33. The first-order chi connectivity index (χ1) is 12.2. The minimum atomic E-state index is -3.74. The van der Waals surface area contributed by atoms with Crippen molar-refractivity contribution in [2.75, 3.05) is 12.4 Å². The third kappa shape index (κ3) is 4.94. The van der Waals surface area contributed by atoms with E-state index < -0.39 is 35.0 Å². The summed E-state index contributed by atoms with van der Waals surface area (Å²) in [6.07, 6.45) is -0.338.